The summed E-state index contributed by atoms with van der Waals surface area (Å²) in [6.07, 6.45) is 3.30. The number of anilines is 2. The maximum absolute atomic E-state index is 14.1. The molecule has 258 valence electrons. The van der Waals surface area contributed by atoms with Crippen molar-refractivity contribution in [3.05, 3.63) is 56.5 Å². The van der Waals surface area contributed by atoms with Crippen LogP contribution in [0.25, 0.3) is 0 Å². The Labute approximate surface area is 298 Å². The van der Waals surface area contributed by atoms with Crippen molar-refractivity contribution in [3.63, 3.8) is 0 Å². The number of nitrogen functional groups attached to an aromatic ring is 1. The van der Waals surface area contributed by atoms with Gasteiger partial charge in [-0.1, -0.05) is 18.2 Å². The lowest BCUT2D eigenvalue weighted by Crippen LogP contribution is -2.59. The van der Waals surface area contributed by atoms with Gasteiger partial charge in [0.05, 0.1) is 5.69 Å². The molecule has 2 aromatic rings. The molecule has 3 saturated heterocycles. The topological polar surface area (TPSA) is 135 Å². The number of para-hydroxylation sites is 1. The number of piperazine rings is 1. The van der Waals surface area contributed by atoms with Gasteiger partial charge >= 0.3 is 12.1 Å². The molecule has 3 fully saturated rings. The summed E-state index contributed by atoms with van der Waals surface area (Å²) in [6, 6.07) is 10.3. The smallest absolute Gasteiger partial charge is 0.322 e. The average molecular weight is 789 g/mol. The second-order valence-electron chi connectivity index (χ2n) is 13.3. The maximum Gasteiger partial charge on any atom is 0.322 e. The highest BCUT2D eigenvalue weighted by Crippen LogP contribution is 2.31. The summed E-state index contributed by atoms with van der Waals surface area (Å²) in [5.41, 5.74) is 9.44. The SMILES string of the molecule is CN1CCC(C(=O)N2CCN(C(=O)[C@@H](Cc3cc(Br)c(N)c(Br)c3)NC(=O)N3CCC(N4Cc5ccccc5NC4=O)CC3)CC2)CC1. The van der Waals surface area contributed by atoms with E-state index in [9.17, 15) is 19.2 Å². The number of carbonyl (C=O) groups is 4. The summed E-state index contributed by atoms with van der Waals surface area (Å²) >= 11 is 7.01. The fraction of sp³-hybridized carbons (Fsp3) is 0.529. The van der Waals surface area contributed by atoms with Crippen LogP contribution in [0.15, 0.2) is 45.3 Å². The predicted molar refractivity (Wildman–Crippen MR) is 191 cm³/mol. The highest BCUT2D eigenvalue weighted by molar-refractivity contribution is 9.11. The van der Waals surface area contributed by atoms with Crippen LogP contribution in [-0.2, 0) is 22.6 Å². The van der Waals surface area contributed by atoms with Gasteiger partial charge in [-0.3, -0.25) is 9.59 Å². The van der Waals surface area contributed by atoms with Crippen LogP contribution in [0, 0.1) is 5.92 Å². The number of hydrogen-bond donors (Lipinski definition) is 3. The molecule has 4 N–H and O–H groups in total. The summed E-state index contributed by atoms with van der Waals surface area (Å²) in [5, 5.41) is 6.03. The van der Waals surface area contributed by atoms with Crippen LogP contribution in [0.4, 0.5) is 21.0 Å². The number of carbonyl (C=O) groups excluding carboxylic acids is 4. The molecule has 1 atom stereocenters. The van der Waals surface area contributed by atoms with E-state index in [2.05, 4.69) is 54.4 Å². The van der Waals surface area contributed by atoms with E-state index in [4.69, 9.17) is 5.73 Å². The number of amides is 6. The summed E-state index contributed by atoms with van der Waals surface area (Å²) < 4.78 is 1.41. The lowest BCUT2D eigenvalue weighted by atomic mass is 9.95. The molecule has 4 heterocycles. The molecule has 12 nitrogen and oxygen atoms in total. The highest BCUT2D eigenvalue weighted by atomic mass is 79.9. The van der Waals surface area contributed by atoms with Crippen molar-refractivity contribution in [2.24, 2.45) is 5.92 Å². The first kappa shape index (κ1) is 34.5. The van der Waals surface area contributed by atoms with Gasteiger partial charge in [-0.15, -0.1) is 0 Å². The Kier molecular flexibility index (Phi) is 10.8. The molecule has 0 spiro atoms. The third-order valence-corrected chi connectivity index (χ3v) is 11.5. The van der Waals surface area contributed by atoms with Crippen molar-refractivity contribution in [1.29, 1.82) is 0 Å². The Morgan fingerprint density at radius 2 is 1.52 bits per heavy atom. The molecule has 4 aliphatic heterocycles. The van der Waals surface area contributed by atoms with E-state index in [0.717, 1.165) is 42.7 Å². The summed E-state index contributed by atoms with van der Waals surface area (Å²) in [4.78, 5) is 63.3. The van der Waals surface area contributed by atoms with Crippen molar-refractivity contribution in [2.75, 3.05) is 70.5 Å². The van der Waals surface area contributed by atoms with Crippen LogP contribution in [0.5, 0.6) is 0 Å². The van der Waals surface area contributed by atoms with Crippen LogP contribution in [0.1, 0.15) is 36.8 Å². The van der Waals surface area contributed by atoms with E-state index in [0.29, 0.717) is 73.3 Å². The largest absolute Gasteiger partial charge is 0.397 e. The number of hydrogen-bond acceptors (Lipinski definition) is 6. The van der Waals surface area contributed by atoms with E-state index in [1.54, 1.807) is 9.80 Å². The zero-order valence-electron chi connectivity index (χ0n) is 27.3. The second-order valence-corrected chi connectivity index (χ2v) is 15.0. The Morgan fingerprint density at radius 3 is 2.19 bits per heavy atom. The molecule has 0 aromatic heterocycles. The van der Waals surface area contributed by atoms with Crippen LogP contribution in [-0.4, -0.2) is 120 Å². The minimum absolute atomic E-state index is 0.0119. The zero-order chi connectivity index (χ0) is 33.9. The molecule has 48 heavy (non-hydrogen) atoms. The van der Waals surface area contributed by atoms with E-state index in [-0.39, 0.29) is 42.3 Å². The van der Waals surface area contributed by atoms with Crippen molar-refractivity contribution < 1.29 is 19.2 Å². The van der Waals surface area contributed by atoms with Gasteiger partial charge < -0.3 is 40.9 Å². The molecule has 0 radical (unpaired) electrons. The molecule has 14 heteroatoms. The maximum atomic E-state index is 14.1. The third-order valence-electron chi connectivity index (χ3n) is 10.2. The minimum Gasteiger partial charge on any atom is -0.397 e. The number of nitrogens with zero attached hydrogens (tertiary/aromatic N) is 5. The first-order chi connectivity index (χ1) is 23.1. The first-order valence-electron chi connectivity index (χ1n) is 16.8. The van der Waals surface area contributed by atoms with Gasteiger partial charge in [0.2, 0.25) is 11.8 Å². The number of benzene rings is 2. The molecule has 4 aliphatic rings. The Hall–Kier alpha value is -3.36. The molecular formula is C34H44Br2N8O4. The molecule has 0 saturated carbocycles. The third kappa shape index (κ3) is 7.76. The van der Waals surface area contributed by atoms with Gasteiger partial charge in [-0.05, 0) is 107 Å². The fourth-order valence-electron chi connectivity index (χ4n) is 7.21. The van der Waals surface area contributed by atoms with E-state index < -0.39 is 6.04 Å². The van der Waals surface area contributed by atoms with Gasteiger partial charge in [0.15, 0.2) is 0 Å². The lowest BCUT2D eigenvalue weighted by Gasteiger charge is -2.41. The number of urea groups is 2. The quantitative estimate of drug-likeness (QED) is 0.380. The van der Waals surface area contributed by atoms with Crippen LogP contribution in [0.3, 0.4) is 0 Å². The van der Waals surface area contributed by atoms with Gasteiger partial charge in [-0.25, -0.2) is 9.59 Å². The summed E-state index contributed by atoms with van der Waals surface area (Å²) in [5.74, 6) is 0.0609. The summed E-state index contributed by atoms with van der Waals surface area (Å²) in [7, 11) is 2.08. The van der Waals surface area contributed by atoms with Crippen LogP contribution >= 0.6 is 31.9 Å². The zero-order valence-corrected chi connectivity index (χ0v) is 30.5. The number of nitrogens with two attached hydrogens (primary N) is 1. The van der Waals surface area contributed by atoms with Gasteiger partial charge in [0, 0.05) is 78.8 Å². The molecule has 0 unspecified atom stereocenters. The van der Waals surface area contributed by atoms with E-state index in [1.807, 2.05) is 46.2 Å². The van der Waals surface area contributed by atoms with Crippen LogP contribution in [0.2, 0.25) is 0 Å². The minimum atomic E-state index is -0.807. The lowest BCUT2D eigenvalue weighted by molar-refractivity contribution is -0.143. The van der Waals surface area contributed by atoms with Gasteiger partial charge in [0.25, 0.3) is 0 Å². The Balaban J connectivity index is 1.08. The monoisotopic (exact) mass is 786 g/mol. The molecule has 0 aliphatic carbocycles. The number of nitrogens with one attached hydrogen (secondary N) is 2. The van der Waals surface area contributed by atoms with E-state index >= 15 is 0 Å². The number of halogens is 2. The Morgan fingerprint density at radius 1 is 0.896 bits per heavy atom. The predicted octanol–water partition coefficient (Wildman–Crippen LogP) is 3.94. The first-order valence-corrected chi connectivity index (χ1v) is 18.4. The summed E-state index contributed by atoms with van der Waals surface area (Å²) in [6.45, 7) is 5.15. The molecule has 0 bridgehead atoms. The number of piperidine rings is 2. The normalized spacial score (nSPS) is 20.3. The van der Waals surface area contributed by atoms with Crippen molar-refractivity contribution >= 4 is 67.1 Å². The number of fused-ring (bicyclic) bond motifs is 1. The fourth-order valence-corrected chi connectivity index (χ4v) is 8.49. The Bertz CT molecular complexity index is 1510. The molecule has 2 aromatic carbocycles. The van der Waals surface area contributed by atoms with Gasteiger partial charge in [-0.2, -0.15) is 0 Å². The standard InChI is InChI=1S/C34H44Br2N8O4/c1-40-10-6-23(7-11-40)31(45)41-14-16-42(17-15-41)32(46)29(20-22-18-26(35)30(37)27(36)19-22)39-33(47)43-12-8-25(9-13-43)44-21-24-4-2-3-5-28(24)38-34(44)48/h2-5,18-19,23,25,29H,6-17,20-21,37H2,1H3,(H,38,48)(H,39,47)/t29-/m1/s1. The van der Waals surface area contributed by atoms with Gasteiger partial charge in [0.1, 0.15) is 6.04 Å². The van der Waals surface area contributed by atoms with E-state index in [1.165, 1.54) is 0 Å². The second kappa shape index (κ2) is 15.0. The van der Waals surface area contributed by atoms with Crippen molar-refractivity contribution in [3.8, 4) is 0 Å². The molecular weight excluding hydrogens is 744 g/mol. The van der Waals surface area contributed by atoms with Crippen molar-refractivity contribution in [2.45, 2.75) is 50.7 Å². The molecule has 6 amide bonds. The van der Waals surface area contributed by atoms with Crippen molar-refractivity contribution in [1.82, 2.24) is 29.8 Å². The number of rotatable bonds is 6. The average Bonchev–Trinajstić information content (AvgIpc) is 3.10. The highest BCUT2D eigenvalue weighted by Gasteiger charge is 2.36. The number of likely N-dealkylation sites (tertiary alicyclic amines) is 2. The van der Waals surface area contributed by atoms with Crippen LogP contribution < -0.4 is 16.4 Å². The molecule has 6 rings (SSSR count).